The van der Waals surface area contributed by atoms with Gasteiger partial charge in [0, 0.05) is 29.9 Å². The van der Waals surface area contributed by atoms with Crippen molar-refractivity contribution in [2.24, 2.45) is 0 Å². The molecule has 244 valence electrons. The van der Waals surface area contributed by atoms with Crippen molar-refractivity contribution in [3.63, 3.8) is 0 Å². The van der Waals surface area contributed by atoms with Gasteiger partial charge in [0.25, 0.3) is 0 Å². The molecular weight excluding hydrogens is 607 g/mol. The van der Waals surface area contributed by atoms with E-state index in [9.17, 15) is 4.79 Å². The van der Waals surface area contributed by atoms with Gasteiger partial charge >= 0.3 is 12.1 Å². The highest BCUT2D eigenvalue weighted by Crippen LogP contribution is 2.48. The van der Waals surface area contributed by atoms with E-state index in [0.717, 1.165) is 70.0 Å². The highest BCUT2D eigenvalue weighted by Gasteiger charge is 2.46. The van der Waals surface area contributed by atoms with Gasteiger partial charge in [0.2, 0.25) is 0 Å². The fraction of sp³-hybridized carbons (Fsp3) is 0.600. The van der Waals surface area contributed by atoms with E-state index in [4.69, 9.17) is 36.0 Å². The minimum Gasteiger partial charge on any atom is -0.461 e. The number of aromatic nitrogens is 3. The van der Waals surface area contributed by atoms with Gasteiger partial charge < -0.3 is 14.4 Å². The molecule has 11 heteroatoms. The van der Waals surface area contributed by atoms with Crippen LogP contribution in [0.15, 0.2) is 24.4 Å². The minimum absolute atomic E-state index is 0.00146. The number of nitrogens with zero attached hydrogens (tertiary/aromatic N) is 6. The summed E-state index contributed by atoms with van der Waals surface area (Å²) in [5, 5.41) is 1.18. The molecule has 2 atom stereocenters. The van der Waals surface area contributed by atoms with Crippen LogP contribution in [0.25, 0.3) is 22.2 Å². The number of anilines is 1. The monoisotopic (exact) mass is 648 g/mol. The van der Waals surface area contributed by atoms with Gasteiger partial charge in [-0.15, -0.1) is 0 Å². The van der Waals surface area contributed by atoms with E-state index < -0.39 is 11.4 Å². The van der Waals surface area contributed by atoms with Gasteiger partial charge in [-0.3, -0.25) is 14.8 Å². The normalized spacial score (nSPS) is 24.1. The van der Waals surface area contributed by atoms with Crippen molar-refractivity contribution < 1.29 is 18.7 Å². The van der Waals surface area contributed by atoms with Gasteiger partial charge in [-0.25, -0.2) is 9.18 Å². The maximum absolute atomic E-state index is 16.8. The van der Waals surface area contributed by atoms with Gasteiger partial charge in [-0.1, -0.05) is 23.7 Å². The van der Waals surface area contributed by atoms with Crippen molar-refractivity contribution in [3.05, 3.63) is 40.8 Å². The van der Waals surface area contributed by atoms with E-state index in [2.05, 4.69) is 9.80 Å². The van der Waals surface area contributed by atoms with Crippen LogP contribution >= 0.6 is 11.6 Å². The summed E-state index contributed by atoms with van der Waals surface area (Å²) in [5.74, 6) is 0.420. The summed E-state index contributed by atoms with van der Waals surface area (Å²) < 4.78 is 29.0. The average molecular weight is 649 g/mol. The first-order valence-electron chi connectivity index (χ1n) is 16.9. The molecule has 2 aromatic heterocycles. The zero-order chi connectivity index (χ0) is 31.8. The van der Waals surface area contributed by atoms with Crippen LogP contribution in [-0.2, 0) is 4.74 Å². The third kappa shape index (κ3) is 5.25. The fourth-order valence-electron chi connectivity index (χ4n) is 8.39. The Balaban J connectivity index is 1.18. The molecule has 2 bridgehead atoms. The number of benzene rings is 1. The summed E-state index contributed by atoms with van der Waals surface area (Å²) in [4.78, 5) is 34.1. The van der Waals surface area contributed by atoms with E-state index in [0.29, 0.717) is 47.4 Å². The number of carbonyl (C=O) groups is 1. The Labute approximate surface area is 274 Å². The maximum atomic E-state index is 16.8. The number of pyridine rings is 1. The molecule has 4 aliphatic heterocycles. The Kier molecular flexibility index (Phi) is 7.32. The van der Waals surface area contributed by atoms with Crippen LogP contribution in [-0.4, -0.2) is 86.9 Å². The molecule has 1 saturated carbocycles. The van der Waals surface area contributed by atoms with Crippen LogP contribution in [0.2, 0.25) is 5.02 Å². The number of carbonyl (C=O) groups excluding carboxylic acids is 1. The van der Waals surface area contributed by atoms with Crippen molar-refractivity contribution in [2.75, 3.05) is 37.7 Å². The van der Waals surface area contributed by atoms with Crippen LogP contribution in [0.4, 0.5) is 15.0 Å². The SMILES string of the molecule is CC(C)(C)OC(=O)N1[C@@H]2CC[C@H]1CN(c1nc(OCC34CCCN3CCC4)nc3c(F)c(-c4cccc(Cl)c4C4CC4)ncc13)C2. The van der Waals surface area contributed by atoms with E-state index >= 15 is 4.39 Å². The van der Waals surface area contributed by atoms with Crippen molar-refractivity contribution in [3.8, 4) is 17.3 Å². The van der Waals surface area contributed by atoms with Crippen molar-refractivity contribution in [2.45, 2.75) is 101 Å². The zero-order valence-corrected chi connectivity index (χ0v) is 27.7. The summed E-state index contributed by atoms with van der Waals surface area (Å²) in [6.07, 6.45) is 9.73. The second-order valence-corrected chi connectivity index (χ2v) is 15.3. The molecule has 3 aromatic rings. The first-order valence-corrected chi connectivity index (χ1v) is 17.3. The molecule has 0 N–H and O–H groups in total. The van der Waals surface area contributed by atoms with Gasteiger partial charge in [-0.05, 0) is 103 Å². The van der Waals surface area contributed by atoms with E-state index in [1.165, 1.54) is 0 Å². The molecule has 8 rings (SSSR count). The van der Waals surface area contributed by atoms with Gasteiger partial charge in [0.05, 0.1) is 23.0 Å². The molecule has 1 aromatic carbocycles. The molecule has 5 fully saturated rings. The number of hydrogen-bond acceptors (Lipinski definition) is 8. The summed E-state index contributed by atoms with van der Waals surface area (Å²) in [7, 11) is 0. The lowest BCUT2D eigenvalue weighted by atomic mass is 9.95. The lowest BCUT2D eigenvalue weighted by Gasteiger charge is -2.42. The molecule has 1 aliphatic carbocycles. The van der Waals surface area contributed by atoms with E-state index in [1.54, 1.807) is 6.20 Å². The van der Waals surface area contributed by atoms with Crippen LogP contribution in [0.5, 0.6) is 6.01 Å². The fourth-order valence-corrected chi connectivity index (χ4v) is 8.72. The van der Waals surface area contributed by atoms with Crippen molar-refractivity contribution in [1.29, 1.82) is 0 Å². The van der Waals surface area contributed by atoms with Crippen LogP contribution in [0.3, 0.4) is 0 Å². The average Bonchev–Trinajstić information content (AvgIpc) is 3.55. The number of piperazine rings is 1. The molecule has 9 nitrogen and oxygen atoms in total. The molecule has 0 spiro atoms. The van der Waals surface area contributed by atoms with Gasteiger partial charge in [0.15, 0.2) is 5.82 Å². The molecule has 1 amide bonds. The highest BCUT2D eigenvalue weighted by molar-refractivity contribution is 6.32. The van der Waals surface area contributed by atoms with Crippen molar-refractivity contribution in [1.82, 2.24) is 24.8 Å². The third-order valence-electron chi connectivity index (χ3n) is 10.6. The maximum Gasteiger partial charge on any atom is 0.410 e. The second-order valence-electron chi connectivity index (χ2n) is 14.9. The summed E-state index contributed by atoms with van der Waals surface area (Å²) in [6, 6.07) is 5.74. The zero-order valence-electron chi connectivity index (χ0n) is 26.9. The first-order chi connectivity index (χ1) is 22.1. The second kappa shape index (κ2) is 11.2. The molecule has 46 heavy (non-hydrogen) atoms. The number of halogens is 2. The number of rotatable bonds is 6. The lowest BCUT2D eigenvalue weighted by Crippen LogP contribution is -2.57. The predicted molar refractivity (Wildman–Crippen MR) is 175 cm³/mol. The standard InChI is InChI=1S/C35H42ClFN6O3/c1-34(2,3)46-33(44)43-22-11-12-23(43)19-41(18-22)31-25-17-38-29(24-7-4-8-26(36)27(24)21-9-10-21)28(37)30(25)39-32(40-31)45-20-35-13-5-15-42(35)16-6-14-35/h4,7-8,17,21-23H,5-6,9-16,18-20H2,1-3H3/t22-,23+. The molecule has 5 aliphatic rings. The lowest BCUT2D eigenvalue weighted by molar-refractivity contribution is 0.0122. The highest BCUT2D eigenvalue weighted by atomic mass is 35.5. The topological polar surface area (TPSA) is 83.9 Å². The van der Waals surface area contributed by atoms with E-state index in [-0.39, 0.29) is 40.9 Å². The number of amides is 1. The molecular formula is C35H42ClFN6O3. The third-order valence-corrected chi connectivity index (χ3v) is 10.9. The summed E-state index contributed by atoms with van der Waals surface area (Å²) in [6.45, 7) is 9.44. The molecule has 4 saturated heterocycles. The van der Waals surface area contributed by atoms with Crippen LogP contribution in [0, 0.1) is 5.82 Å². The Morgan fingerprint density at radius 2 is 1.78 bits per heavy atom. The Bertz CT molecular complexity index is 1670. The quantitative estimate of drug-likeness (QED) is 0.284. The smallest absolute Gasteiger partial charge is 0.410 e. The van der Waals surface area contributed by atoms with Crippen LogP contribution in [0.1, 0.15) is 83.6 Å². The van der Waals surface area contributed by atoms with Crippen molar-refractivity contribution >= 4 is 34.4 Å². The molecule has 6 heterocycles. The Morgan fingerprint density at radius 1 is 1.07 bits per heavy atom. The number of ether oxygens (including phenoxy) is 2. The Morgan fingerprint density at radius 3 is 2.46 bits per heavy atom. The molecule has 0 radical (unpaired) electrons. The van der Waals surface area contributed by atoms with Gasteiger partial charge in [-0.2, -0.15) is 9.97 Å². The first kappa shape index (κ1) is 30.1. The van der Waals surface area contributed by atoms with E-state index in [1.807, 2.05) is 43.9 Å². The van der Waals surface area contributed by atoms with Gasteiger partial charge in [0.1, 0.15) is 29.2 Å². The largest absolute Gasteiger partial charge is 0.461 e. The minimum atomic E-state index is -0.570. The number of fused-ring (bicyclic) bond motifs is 4. The molecule has 0 unspecified atom stereocenters. The summed E-state index contributed by atoms with van der Waals surface area (Å²) >= 11 is 6.64. The predicted octanol–water partition coefficient (Wildman–Crippen LogP) is 6.96. The number of hydrogen-bond donors (Lipinski definition) is 0. The van der Waals surface area contributed by atoms with Crippen LogP contribution < -0.4 is 9.64 Å². The summed E-state index contributed by atoms with van der Waals surface area (Å²) in [5.41, 5.74) is 1.54. The Hall–Kier alpha value is -3.24.